The number of Topliss-reactive ketones (excluding diaryl/α,β-unsaturated/α-hetero) is 1. The second-order valence-electron chi connectivity index (χ2n) is 5.91. The van der Waals surface area contributed by atoms with E-state index in [4.69, 9.17) is 4.74 Å². The minimum atomic E-state index is 0. The molecule has 0 atom stereocenters. The van der Waals surface area contributed by atoms with Crippen LogP contribution in [0, 0.1) is 0 Å². The van der Waals surface area contributed by atoms with E-state index in [2.05, 4.69) is 22.0 Å². The molecule has 0 aliphatic carbocycles. The first-order valence-corrected chi connectivity index (χ1v) is 8.14. The summed E-state index contributed by atoms with van der Waals surface area (Å²) in [7, 11) is 1.62. The molecular formula is C19H20BrN3O2. The number of nitrogens with zero attached hydrogens (tertiary/aromatic N) is 3. The number of fused-ring (bicyclic) bond motifs is 3. The van der Waals surface area contributed by atoms with Crippen LogP contribution in [0.15, 0.2) is 53.5 Å². The molecule has 0 unspecified atom stereocenters. The molecule has 0 fully saturated rings. The van der Waals surface area contributed by atoms with Crippen LogP contribution in [0.1, 0.15) is 16.8 Å². The highest BCUT2D eigenvalue weighted by Gasteiger charge is 2.34. The average Bonchev–Trinajstić information content (AvgIpc) is 2.96. The molecule has 2 aliphatic rings. The molecule has 0 N–H and O–H groups in total. The number of aliphatic imine (C=N–C) groups is 1. The van der Waals surface area contributed by atoms with Crippen LogP contribution in [0.3, 0.4) is 0 Å². The summed E-state index contributed by atoms with van der Waals surface area (Å²) in [5.74, 6) is 1.72. The highest BCUT2D eigenvalue weighted by molar-refractivity contribution is 8.93. The summed E-state index contributed by atoms with van der Waals surface area (Å²) < 4.78 is 5.15. The topological polar surface area (TPSA) is 45.1 Å². The molecule has 0 saturated heterocycles. The van der Waals surface area contributed by atoms with Crippen LogP contribution in [0.4, 0.5) is 11.4 Å². The molecule has 0 radical (unpaired) electrons. The van der Waals surface area contributed by atoms with E-state index in [-0.39, 0.29) is 22.8 Å². The Balaban J connectivity index is 0.00000182. The van der Waals surface area contributed by atoms with Gasteiger partial charge in [0.1, 0.15) is 5.75 Å². The number of ketones is 1. The Morgan fingerprint density at radius 3 is 2.56 bits per heavy atom. The zero-order valence-electron chi connectivity index (χ0n) is 14.0. The number of halogens is 1. The summed E-state index contributed by atoms with van der Waals surface area (Å²) in [6.45, 7) is 2.05. The van der Waals surface area contributed by atoms with E-state index < -0.39 is 0 Å². The Hall–Kier alpha value is -2.34. The highest BCUT2D eigenvalue weighted by atomic mass is 79.9. The fraction of sp³-hybridized carbons (Fsp3) is 0.263. The largest absolute Gasteiger partial charge is 0.497 e. The number of benzene rings is 2. The number of ether oxygens (including phenoxy) is 1. The van der Waals surface area contributed by atoms with Crippen LogP contribution >= 0.6 is 17.0 Å². The second-order valence-corrected chi connectivity index (χ2v) is 5.91. The first-order chi connectivity index (χ1) is 11.8. The lowest BCUT2D eigenvalue weighted by Crippen LogP contribution is -2.43. The van der Waals surface area contributed by atoms with E-state index in [1.165, 1.54) is 0 Å². The van der Waals surface area contributed by atoms with Gasteiger partial charge in [-0.15, -0.1) is 17.0 Å². The standard InChI is InChI=1S/C19H19N3O2.BrH/c1-24-15-9-7-14(8-10-15)18(23)13-22-17-6-3-2-5-16(17)21-12-4-11-20-19(21)22;/h2-3,5-10H,4,11-13H2,1H3;1H. The normalized spacial score (nSPS) is 15.0. The van der Waals surface area contributed by atoms with Gasteiger partial charge in [0.2, 0.25) is 5.96 Å². The fourth-order valence-corrected chi connectivity index (χ4v) is 3.25. The van der Waals surface area contributed by atoms with E-state index in [0.717, 1.165) is 42.6 Å². The van der Waals surface area contributed by atoms with Gasteiger partial charge in [0.15, 0.2) is 5.78 Å². The SMILES string of the molecule is Br.COc1ccc(C(=O)CN2C3=NCCCN3c3ccccc32)cc1. The van der Waals surface area contributed by atoms with Gasteiger partial charge in [0.05, 0.1) is 25.0 Å². The molecule has 6 heteroatoms. The third kappa shape index (κ3) is 3.14. The van der Waals surface area contributed by atoms with Gasteiger partial charge in [-0.25, -0.2) is 0 Å². The molecule has 0 bridgehead atoms. The quantitative estimate of drug-likeness (QED) is 0.734. The number of guanidine groups is 1. The van der Waals surface area contributed by atoms with Gasteiger partial charge in [-0.3, -0.25) is 9.79 Å². The van der Waals surface area contributed by atoms with E-state index in [1.807, 2.05) is 41.3 Å². The van der Waals surface area contributed by atoms with Gasteiger partial charge in [0.25, 0.3) is 0 Å². The number of rotatable bonds is 4. The van der Waals surface area contributed by atoms with Crippen molar-refractivity contribution in [2.75, 3.05) is 36.5 Å². The van der Waals surface area contributed by atoms with E-state index in [0.29, 0.717) is 12.1 Å². The van der Waals surface area contributed by atoms with Gasteiger partial charge in [-0.05, 0) is 42.8 Å². The lowest BCUT2D eigenvalue weighted by Gasteiger charge is -2.26. The third-order valence-corrected chi connectivity index (χ3v) is 4.45. The summed E-state index contributed by atoms with van der Waals surface area (Å²) in [5.41, 5.74) is 2.88. The van der Waals surface area contributed by atoms with Crippen molar-refractivity contribution in [2.45, 2.75) is 6.42 Å². The summed E-state index contributed by atoms with van der Waals surface area (Å²) in [6, 6.07) is 15.4. The molecule has 0 amide bonds. The van der Waals surface area contributed by atoms with Crippen LogP contribution < -0.4 is 14.5 Å². The van der Waals surface area contributed by atoms with Crippen molar-refractivity contribution in [3.05, 3.63) is 54.1 Å². The van der Waals surface area contributed by atoms with E-state index >= 15 is 0 Å². The maximum absolute atomic E-state index is 12.7. The molecular weight excluding hydrogens is 382 g/mol. The van der Waals surface area contributed by atoms with Crippen molar-refractivity contribution in [3.63, 3.8) is 0 Å². The van der Waals surface area contributed by atoms with Gasteiger partial charge < -0.3 is 14.5 Å². The third-order valence-electron chi connectivity index (χ3n) is 4.45. The van der Waals surface area contributed by atoms with Crippen molar-refractivity contribution in [2.24, 2.45) is 4.99 Å². The predicted molar refractivity (Wildman–Crippen MR) is 106 cm³/mol. The molecule has 0 spiro atoms. The van der Waals surface area contributed by atoms with Crippen molar-refractivity contribution >= 4 is 40.1 Å². The Kier molecular flexibility index (Phi) is 5.08. The summed E-state index contributed by atoms with van der Waals surface area (Å²) in [5, 5.41) is 0. The Labute approximate surface area is 157 Å². The second kappa shape index (κ2) is 7.27. The first-order valence-electron chi connectivity index (χ1n) is 8.14. The zero-order valence-corrected chi connectivity index (χ0v) is 15.7. The number of carbonyl (C=O) groups excluding carboxylic acids is 1. The van der Waals surface area contributed by atoms with Crippen molar-refractivity contribution in [3.8, 4) is 5.75 Å². The summed E-state index contributed by atoms with van der Waals surface area (Å²) >= 11 is 0. The average molecular weight is 402 g/mol. The van der Waals surface area contributed by atoms with Gasteiger partial charge >= 0.3 is 0 Å². The predicted octanol–water partition coefficient (Wildman–Crippen LogP) is 3.54. The summed E-state index contributed by atoms with van der Waals surface area (Å²) in [6.07, 6.45) is 1.04. The van der Waals surface area contributed by atoms with Crippen LogP contribution in [0.25, 0.3) is 0 Å². The molecule has 0 saturated carbocycles. The molecule has 130 valence electrons. The Bertz CT molecular complexity index is 805. The number of hydrogen-bond donors (Lipinski definition) is 0. The summed E-state index contributed by atoms with van der Waals surface area (Å²) in [4.78, 5) is 21.6. The molecule has 0 aromatic heterocycles. The van der Waals surface area contributed by atoms with Gasteiger partial charge in [-0.1, -0.05) is 12.1 Å². The van der Waals surface area contributed by atoms with Gasteiger partial charge in [0, 0.05) is 18.7 Å². The molecule has 25 heavy (non-hydrogen) atoms. The minimum absolute atomic E-state index is 0. The van der Waals surface area contributed by atoms with Crippen molar-refractivity contribution in [1.82, 2.24) is 0 Å². The molecule has 5 nitrogen and oxygen atoms in total. The monoisotopic (exact) mass is 401 g/mol. The molecule has 2 aromatic rings. The Morgan fingerprint density at radius 1 is 1.12 bits per heavy atom. The highest BCUT2D eigenvalue weighted by Crippen LogP contribution is 2.38. The Morgan fingerprint density at radius 2 is 1.84 bits per heavy atom. The van der Waals surface area contributed by atoms with Crippen LogP contribution in [-0.4, -0.2) is 38.5 Å². The zero-order chi connectivity index (χ0) is 16.5. The van der Waals surface area contributed by atoms with Crippen LogP contribution in [0.2, 0.25) is 0 Å². The molecule has 2 heterocycles. The number of carbonyl (C=O) groups is 1. The van der Waals surface area contributed by atoms with Crippen LogP contribution in [-0.2, 0) is 0 Å². The smallest absolute Gasteiger partial charge is 0.206 e. The first kappa shape index (κ1) is 17.5. The number of anilines is 2. The lowest BCUT2D eigenvalue weighted by molar-refractivity contribution is 0.100. The fourth-order valence-electron chi connectivity index (χ4n) is 3.25. The van der Waals surface area contributed by atoms with Crippen molar-refractivity contribution in [1.29, 1.82) is 0 Å². The maximum Gasteiger partial charge on any atom is 0.206 e. The van der Waals surface area contributed by atoms with Crippen molar-refractivity contribution < 1.29 is 9.53 Å². The molecule has 2 aliphatic heterocycles. The lowest BCUT2D eigenvalue weighted by atomic mass is 10.1. The van der Waals surface area contributed by atoms with E-state index in [9.17, 15) is 4.79 Å². The maximum atomic E-state index is 12.7. The minimum Gasteiger partial charge on any atom is -0.497 e. The van der Waals surface area contributed by atoms with Gasteiger partial charge in [-0.2, -0.15) is 0 Å². The number of methoxy groups -OCH3 is 1. The van der Waals surface area contributed by atoms with E-state index in [1.54, 1.807) is 7.11 Å². The number of hydrogen-bond acceptors (Lipinski definition) is 5. The van der Waals surface area contributed by atoms with Crippen LogP contribution in [0.5, 0.6) is 5.75 Å². The molecule has 4 rings (SSSR count). The number of para-hydroxylation sites is 2. The molecule has 2 aromatic carbocycles.